The van der Waals surface area contributed by atoms with Crippen LogP contribution in [0.15, 0.2) is 29.2 Å². The van der Waals surface area contributed by atoms with Crippen LogP contribution < -0.4 is 0 Å². The van der Waals surface area contributed by atoms with E-state index >= 15 is 0 Å². The summed E-state index contributed by atoms with van der Waals surface area (Å²) in [6, 6.07) is 8.08. The minimum absolute atomic E-state index is 0.261. The number of carbonyl (C=O) groups is 1. The first-order valence-corrected chi connectivity index (χ1v) is 8.02. The van der Waals surface area contributed by atoms with Crippen molar-refractivity contribution < 1.29 is 4.79 Å². The van der Waals surface area contributed by atoms with E-state index in [-0.39, 0.29) is 5.78 Å². The number of benzene rings is 1. The predicted molar refractivity (Wildman–Crippen MR) is 80.5 cm³/mol. The van der Waals surface area contributed by atoms with Gasteiger partial charge in [-0.25, -0.2) is 0 Å². The fraction of sp³-hybridized carbons (Fsp3) is 0.562. The molecule has 100 valence electrons. The van der Waals surface area contributed by atoms with Crippen molar-refractivity contribution in [2.75, 3.05) is 5.75 Å². The number of ketones is 1. The van der Waals surface area contributed by atoms with Crippen LogP contribution in [0.5, 0.6) is 0 Å². The van der Waals surface area contributed by atoms with Gasteiger partial charge in [0.1, 0.15) is 0 Å². The first-order chi connectivity index (χ1) is 8.77. The lowest BCUT2D eigenvalue weighted by atomic mass is 10.1. The first-order valence-electron chi connectivity index (χ1n) is 7.04. The van der Waals surface area contributed by atoms with E-state index in [2.05, 4.69) is 19.1 Å². The first kappa shape index (κ1) is 15.3. The van der Waals surface area contributed by atoms with Gasteiger partial charge in [-0.2, -0.15) is 0 Å². The van der Waals surface area contributed by atoms with Gasteiger partial charge in [0.05, 0.1) is 0 Å². The van der Waals surface area contributed by atoms with Gasteiger partial charge in [0.25, 0.3) is 0 Å². The molecule has 0 atom stereocenters. The van der Waals surface area contributed by atoms with Crippen LogP contribution in [0, 0.1) is 0 Å². The summed E-state index contributed by atoms with van der Waals surface area (Å²) in [5.74, 6) is 1.44. The smallest absolute Gasteiger partial charge is 0.162 e. The molecule has 1 aromatic carbocycles. The lowest BCUT2D eigenvalue weighted by Crippen LogP contribution is -1.97. The Bertz CT molecular complexity index is 343. The SMILES string of the molecule is CCCCCCSc1ccc(C(=O)CCC)cc1. The van der Waals surface area contributed by atoms with Gasteiger partial charge < -0.3 is 0 Å². The Hall–Kier alpha value is -0.760. The second-order valence-corrected chi connectivity index (χ2v) is 5.78. The molecule has 0 fully saturated rings. The number of hydrogen-bond acceptors (Lipinski definition) is 2. The summed E-state index contributed by atoms with van der Waals surface area (Å²) in [6.45, 7) is 4.28. The maximum absolute atomic E-state index is 11.7. The molecule has 0 aliphatic heterocycles. The molecule has 0 spiro atoms. The zero-order chi connectivity index (χ0) is 13.2. The average Bonchev–Trinajstić information content (AvgIpc) is 2.39. The summed E-state index contributed by atoms with van der Waals surface area (Å²) in [4.78, 5) is 13.0. The molecule has 0 unspecified atom stereocenters. The Morgan fingerprint density at radius 1 is 1.00 bits per heavy atom. The van der Waals surface area contributed by atoms with Gasteiger partial charge in [-0.15, -0.1) is 11.8 Å². The quantitative estimate of drug-likeness (QED) is 0.340. The highest BCUT2D eigenvalue weighted by molar-refractivity contribution is 7.99. The Balaban J connectivity index is 2.33. The number of hydrogen-bond donors (Lipinski definition) is 0. The van der Waals surface area contributed by atoms with Gasteiger partial charge in [-0.05, 0) is 30.7 Å². The summed E-state index contributed by atoms with van der Waals surface area (Å²) in [5.41, 5.74) is 0.854. The molecule has 0 bridgehead atoms. The summed E-state index contributed by atoms with van der Waals surface area (Å²) >= 11 is 1.89. The Labute approximate surface area is 115 Å². The normalized spacial score (nSPS) is 10.6. The maximum Gasteiger partial charge on any atom is 0.162 e. The van der Waals surface area contributed by atoms with Crippen molar-refractivity contribution in [3.63, 3.8) is 0 Å². The Morgan fingerprint density at radius 2 is 1.72 bits per heavy atom. The number of Topliss-reactive ketones (excluding diaryl/α,β-unsaturated/α-hetero) is 1. The van der Waals surface area contributed by atoms with Gasteiger partial charge in [0.2, 0.25) is 0 Å². The second kappa shape index (κ2) is 9.21. The van der Waals surface area contributed by atoms with Crippen molar-refractivity contribution >= 4 is 17.5 Å². The molecule has 0 N–H and O–H groups in total. The summed E-state index contributed by atoms with van der Waals surface area (Å²) < 4.78 is 0. The molecule has 0 amide bonds. The predicted octanol–water partition coefficient (Wildman–Crippen LogP) is 5.34. The Morgan fingerprint density at radius 3 is 2.33 bits per heavy atom. The summed E-state index contributed by atoms with van der Waals surface area (Å²) in [6.07, 6.45) is 6.83. The molecule has 2 heteroatoms. The second-order valence-electron chi connectivity index (χ2n) is 4.61. The molecular formula is C16H24OS. The van der Waals surface area contributed by atoms with Crippen molar-refractivity contribution in [3.8, 4) is 0 Å². The third-order valence-corrected chi connectivity index (χ3v) is 4.02. The van der Waals surface area contributed by atoms with Crippen LogP contribution in [-0.4, -0.2) is 11.5 Å². The lowest BCUT2D eigenvalue weighted by molar-refractivity contribution is 0.0981. The van der Waals surface area contributed by atoms with Gasteiger partial charge in [-0.3, -0.25) is 4.79 Å². The van der Waals surface area contributed by atoms with Crippen molar-refractivity contribution in [2.24, 2.45) is 0 Å². The minimum Gasteiger partial charge on any atom is -0.294 e. The number of unbranched alkanes of at least 4 members (excludes halogenated alkanes) is 3. The molecule has 0 heterocycles. The van der Waals surface area contributed by atoms with E-state index in [0.717, 1.165) is 12.0 Å². The van der Waals surface area contributed by atoms with Gasteiger partial charge in [-0.1, -0.05) is 45.2 Å². The number of thioether (sulfide) groups is 1. The van der Waals surface area contributed by atoms with Crippen molar-refractivity contribution in [1.82, 2.24) is 0 Å². The largest absolute Gasteiger partial charge is 0.294 e. The van der Waals surface area contributed by atoms with Gasteiger partial charge >= 0.3 is 0 Å². The molecule has 0 saturated heterocycles. The van der Waals surface area contributed by atoms with Crippen molar-refractivity contribution in [1.29, 1.82) is 0 Å². The molecule has 18 heavy (non-hydrogen) atoms. The minimum atomic E-state index is 0.261. The van der Waals surface area contributed by atoms with Crippen LogP contribution >= 0.6 is 11.8 Å². The van der Waals surface area contributed by atoms with E-state index in [4.69, 9.17) is 0 Å². The molecule has 0 aliphatic carbocycles. The molecular weight excluding hydrogens is 240 g/mol. The molecule has 1 rings (SSSR count). The van der Waals surface area contributed by atoms with Gasteiger partial charge in [0.15, 0.2) is 5.78 Å². The third-order valence-electron chi connectivity index (χ3n) is 2.92. The van der Waals surface area contributed by atoms with Crippen LogP contribution in [0.4, 0.5) is 0 Å². The van der Waals surface area contributed by atoms with Gasteiger partial charge in [0, 0.05) is 16.9 Å². The third kappa shape index (κ3) is 5.72. The zero-order valence-electron chi connectivity index (χ0n) is 11.6. The van der Waals surface area contributed by atoms with E-state index in [1.165, 1.54) is 36.3 Å². The fourth-order valence-corrected chi connectivity index (χ4v) is 2.74. The highest BCUT2D eigenvalue weighted by Gasteiger charge is 2.04. The summed E-state index contributed by atoms with van der Waals surface area (Å²) in [5, 5.41) is 0. The van der Waals surface area contributed by atoms with Crippen molar-refractivity contribution in [2.45, 2.75) is 57.3 Å². The number of carbonyl (C=O) groups excluding carboxylic acids is 1. The summed E-state index contributed by atoms with van der Waals surface area (Å²) in [7, 11) is 0. The Kier molecular flexibility index (Phi) is 7.83. The van der Waals surface area contributed by atoms with Crippen LogP contribution in [0.25, 0.3) is 0 Å². The average molecular weight is 264 g/mol. The standard InChI is InChI=1S/C16H24OS/c1-3-5-6-7-13-18-15-11-9-14(10-12-15)16(17)8-4-2/h9-12H,3-8,13H2,1-2H3. The monoisotopic (exact) mass is 264 g/mol. The van der Waals surface area contributed by atoms with Crippen LogP contribution in [-0.2, 0) is 0 Å². The van der Waals surface area contributed by atoms with Crippen LogP contribution in [0.1, 0.15) is 62.7 Å². The topological polar surface area (TPSA) is 17.1 Å². The molecule has 0 aliphatic rings. The fourth-order valence-electron chi connectivity index (χ4n) is 1.83. The zero-order valence-corrected chi connectivity index (χ0v) is 12.4. The van der Waals surface area contributed by atoms with E-state index in [9.17, 15) is 4.79 Å². The maximum atomic E-state index is 11.7. The van der Waals surface area contributed by atoms with E-state index < -0.39 is 0 Å². The highest BCUT2D eigenvalue weighted by atomic mass is 32.2. The van der Waals surface area contributed by atoms with Crippen LogP contribution in [0.3, 0.4) is 0 Å². The molecule has 1 aromatic rings. The molecule has 1 nitrogen and oxygen atoms in total. The van der Waals surface area contributed by atoms with E-state index in [0.29, 0.717) is 6.42 Å². The van der Waals surface area contributed by atoms with Crippen LogP contribution in [0.2, 0.25) is 0 Å². The molecule has 0 saturated carbocycles. The van der Waals surface area contributed by atoms with E-state index in [1.807, 2.05) is 30.8 Å². The molecule has 0 aromatic heterocycles. The van der Waals surface area contributed by atoms with Crippen molar-refractivity contribution in [3.05, 3.63) is 29.8 Å². The highest BCUT2D eigenvalue weighted by Crippen LogP contribution is 2.20. The lowest BCUT2D eigenvalue weighted by Gasteiger charge is -2.03. The van der Waals surface area contributed by atoms with E-state index in [1.54, 1.807) is 0 Å². The molecule has 0 radical (unpaired) electrons. The number of rotatable bonds is 9.